The van der Waals surface area contributed by atoms with Gasteiger partial charge in [0.25, 0.3) is 0 Å². The van der Waals surface area contributed by atoms with Crippen LogP contribution in [0, 0.1) is 5.92 Å². The molecule has 1 fully saturated rings. The van der Waals surface area contributed by atoms with E-state index in [1.54, 1.807) is 0 Å². The van der Waals surface area contributed by atoms with Crippen LogP contribution in [0.1, 0.15) is 26.2 Å². The Kier molecular flexibility index (Phi) is 3.44. The first-order chi connectivity index (χ1) is 7.79. The van der Waals surface area contributed by atoms with E-state index >= 15 is 0 Å². The summed E-state index contributed by atoms with van der Waals surface area (Å²) in [6, 6.07) is 7.56. The van der Waals surface area contributed by atoms with Crippen molar-refractivity contribution in [3.05, 3.63) is 24.3 Å². The van der Waals surface area contributed by atoms with E-state index < -0.39 is 0 Å². The fourth-order valence-electron chi connectivity index (χ4n) is 1.46. The molecule has 16 heavy (non-hydrogen) atoms. The van der Waals surface area contributed by atoms with Crippen LogP contribution in [0.15, 0.2) is 24.3 Å². The third kappa shape index (κ3) is 2.99. The molecule has 0 saturated heterocycles. The Balaban J connectivity index is 1.95. The van der Waals surface area contributed by atoms with Gasteiger partial charge in [0, 0.05) is 18.3 Å². The standard InChI is InChI=1S/C13H17NO2/c1-2-8-14-11-4-3-5-12(9-11)16-13(15)10-6-7-10/h3-5,9-10,14H,2,6-8H2,1H3. The van der Waals surface area contributed by atoms with Crippen molar-refractivity contribution < 1.29 is 9.53 Å². The Labute approximate surface area is 95.8 Å². The van der Waals surface area contributed by atoms with Crippen molar-refractivity contribution in [2.75, 3.05) is 11.9 Å². The Morgan fingerprint density at radius 1 is 1.50 bits per heavy atom. The molecule has 0 unspecified atom stereocenters. The number of nitrogens with one attached hydrogen (secondary N) is 1. The summed E-state index contributed by atoms with van der Waals surface area (Å²) in [5.74, 6) is 0.693. The van der Waals surface area contributed by atoms with E-state index in [0.29, 0.717) is 5.75 Å². The molecule has 0 aliphatic heterocycles. The van der Waals surface area contributed by atoms with Crippen molar-refractivity contribution in [2.24, 2.45) is 5.92 Å². The molecular formula is C13H17NO2. The summed E-state index contributed by atoms with van der Waals surface area (Å²) in [4.78, 5) is 11.5. The summed E-state index contributed by atoms with van der Waals surface area (Å²) >= 11 is 0. The highest BCUT2D eigenvalue weighted by atomic mass is 16.5. The van der Waals surface area contributed by atoms with Crippen molar-refractivity contribution >= 4 is 11.7 Å². The van der Waals surface area contributed by atoms with Crippen LogP contribution in [-0.2, 0) is 4.79 Å². The van der Waals surface area contributed by atoms with E-state index in [0.717, 1.165) is 31.5 Å². The summed E-state index contributed by atoms with van der Waals surface area (Å²) in [5, 5.41) is 3.26. The van der Waals surface area contributed by atoms with Crippen molar-refractivity contribution in [1.29, 1.82) is 0 Å². The normalized spacial score (nSPS) is 14.6. The van der Waals surface area contributed by atoms with Gasteiger partial charge < -0.3 is 10.1 Å². The van der Waals surface area contributed by atoms with Crippen molar-refractivity contribution in [3.63, 3.8) is 0 Å². The van der Waals surface area contributed by atoms with Crippen LogP contribution in [0.5, 0.6) is 5.75 Å². The number of hydrogen-bond donors (Lipinski definition) is 1. The van der Waals surface area contributed by atoms with Crippen LogP contribution in [-0.4, -0.2) is 12.5 Å². The van der Waals surface area contributed by atoms with Crippen molar-refractivity contribution in [1.82, 2.24) is 0 Å². The molecule has 0 aromatic heterocycles. The first-order valence-corrected chi connectivity index (χ1v) is 5.85. The molecule has 2 rings (SSSR count). The van der Waals surface area contributed by atoms with Crippen LogP contribution in [0.3, 0.4) is 0 Å². The molecule has 3 heteroatoms. The number of carbonyl (C=O) groups excluding carboxylic acids is 1. The summed E-state index contributed by atoms with van der Waals surface area (Å²) < 4.78 is 5.28. The number of hydrogen-bond acceptors (Lipinski definition) is 3. The third-order valence-corrected chi connectivity index (χ3v) is 2.54. The minimum atomic E-state index is -0.0901. The van der Waals surface area contributed by atoms with Gasteiger partial charge in [0.05, 0.1) is 5.92 Å². The average molecular weight is 219 g/mol. The molecule has 0 spiro atoms. The molecule has 1 aliphatic rings. The second-order valence-corrected chi connectivity index (χ2v) is 4.15. The lowest BCUT2D eigenvalue weighted by Crippen LogP contribution is -2.10. The summed E-state index contributed by atoms with van der Waals surface area (Å²) in [7, 11) is 0. The van der Waals surface area contributed by atoms with Gasteiger partial charge in [-0.15, -0.1) is 0 Å². The van der Waals surface area contributed by atoms with E-state index in [-0.39, 0.29) is 11.9 Å². The third-order valence-electron chi connectivity index (χ3n) is 2.54. The first kappa shape index (κ1) is 11.0. The van der Waals surface area contributed by atoms with Crippen LogP contribution in [0.2, 0.25) is 0 Å². The second-order valence-electron chi connectivity index (χ2n) is 4.15. The molecule has 1 aliphatic carbocycles. The molecule has 0 bridgehead atoms. The number of carbonyl (C=O) groups is 1. The molecule has 3 nitrogen and oxygen atoms in total. The topological polar surface area (TPSA) is 38.3 Å². The maximum atomic E-state index is 11.5. The number of rotatable bonds is 5. The van der Waals surface area contributed by atoms with Gasteiger partial charge in [-0.25, -0.2) is 0 Å². The maximum absolute atomic E-state index is 11.5. The summed E-state index contributed by atoms with van der Waals surface area (Å²) in [5.41, 5.74) is 1.00. The van der Waals surface area contributed by atoms with Crippen molar-refractivity contribution in [3.8, 4) is 5.75 Å². The summed E-state index contributed by atoms with van der Waals surface area (Å²) in [6.07, 6.45) is 3.03. The Morgan fingerprint density at radius 3 is 3.00 bits per heavy atom. The van der Waals surface area contributed by atoms with Crippen molar-refractivity contribution in [2.45, 2.75) is 26.2 Å². The van der Waals surface area contributed by atoms with Gasteiger partial charge in [0.2, 0.25) is 0 Å². The van der Waals surface area contributed by atoms with Crippen LogP contribution < -0.4 is 10.1 Å². The van der Waals surface area contributed by atoms with Gasteiger partial charge in [-0.05, 0) is 31.4 Å². The molecule has 0 radical (unpaired) electrons. The van der Waals surface area contributed by atoms with Crippen LogP contribution >= 0.6 is 0 Å². The summed E-state index contributed by atoms with van der Waals surface area (Å²) in [6.45, 7) is 3.05. The van der Waals surface area contributed by atoms with E-state index in [2.05, 4.69) is 12.2 Å². The maximum Gasteiger partial charge on any atom is 0.314 e. The predicted octanol–water partition coefficient (Wildman–Crippen LogP) is 2.82. The zero-order chi connectivity index (χ0) is 11.4. The van der Waals surface area contributed by atoms with E-state index in [1.807, 2.05) is 24.3 Å². The number of esters is 1. The molecule has 0 amide bonds. The molecule has 1 N–H and O–H groups in total. The molecule has 0 atom stereocenters. The van der Waals surface area contributed by atoms with Gasteiger partial charge in [-0.2, -0.15) is 0 Å². The molecular weight excluding hydrogens is 202 g/mol. The van der Waals surface area contributed by atoms with E-state index in [1.165, 1.54) is 0 Å². The number of benzene rings is 1. The van der Waals surface area contributed by atoms with Crippen LogP contribution in [0.25, 0.3) is 0 Å². The fourth-order valence-corrected chi connectivity index (χ4v) is 1.46. The minimum Gasteiger partial charge on any atom is -0.426 e. The van der Waals surface area contributed by atoms with Gasteiger partial charge in [-0.3, -0.25) is 4.79 Å². The largest absolute Gasteiger partial charge is 0.426 e. The predicted molar refractivity (Wildman–Crippen MR) is 63.6 cm³/mol. The smallest absolute Gasteiger partial charge is 0.314 e. The average Bonchev–Trinajstić information content (AvgIpc) is 3.10. The Bertz CT molecular complexity index is 372. The molecule has 86 valence electrons. The zero-order valence-electron chi connectivity index (χ0n) is 9.53. The molecule has 0 heterocycles. The Hall–Kier alpha value is -1.51. The number of ether oxygens (including phenoxy) is 1. The fraction of sp³-hybridized carbons (Fsp3) is 0.462. The quantitative estimate of drug-likeness (QED) is 0.611. The molecule has 1 aromatic rings. The lowest BCUT2D eigenvalue weighted by Gasteiger charge is -2.07. The minimum absolute atomic E-state index is 0.0901. The first-order valence-electron chi connectivity index (χ1n) is 5.85. The van der Waals surface area contributed by atoms with E-state index in [4.69, 9.17) is 4.74 Å². The lowest BCUT2D eigenvalue weighted by molar-refractivity contribution is -0.135. The van der Waals surface area contributed by atoms with Crippen LogP contribution in [0.4, 0.5) is 5.69 Å². The highest BCUT2D eigenvalue weighted by Crippen LogP contribution is 2.31. The number of anilines is 1. The van der Waals surface area contributed by atoms with E-state index in [9.17, 15) is 4.79 Å². The van der Waals surface area contributed by atoms with Gasteiger partial charge in [-0.1, -0.05) is 13.0 Å². The monoisotopic (exact) mass is 219 g/mol. The zero-order valence-corrected chi connectivity index (χ0v) is 9.53. The highest BCUT2D eigenvalue weighted by molar-refractivity contribution is 5.77. The lowest BCUT2D eigenvalue weighted by atomic mass is 10.3. The molecule has 1 aromatic carbocycles. The van der Waals surface area contributed by atoms with Gasteiger partial charge in [0.1, 0.15) is 5.75 Å². The van der Waals surface area contributed by atoms with Gasteiger partial charge >= 0.3 is 5.97 Å². The highest BCUT2D eigenvalue weighted by Gasteiger charge is 2.31. The SMILES string of the molecule is CCCNc1cccc(OC(=O)C2CC2)c1. The van der Waals surface area contributed by atoms with Gasteiger partial charge in [0.15, 0.2) is 0 Å². The second kappa shape index (κ2) is 5.01. The molecule has 1 saturated carbocycles. The Morgan fingerprint density at radius 2 is 2.31 bits per heavy atom.